The van der Waals surface area contributed by atoms with Crippen LogP contribution in [0.15, 0.2) is 30.3 Å². The van der Waals surface area contributed by atoms with Crippen LogP contribution in [0.3, 0.4) is 0 Å². The van der Waals surface area contributed by atoms with Gasteiger partial charge in [0.05, 0.1) is 5.52 Å². The summed E-state index contributed by atoms with van der Waals surface area (Å²) < 4.78 is 0. The highest BCUT2D eigenvalue weighted by atomic mass is 15.0. The van der Waals surface area contributed by atoms with Crippen LogP contribution in [0.25, 0.3) is 10.9 Å². The number of nitrogens with zero attached hydrogens (tertiary/aromatic N) is 1. The Morgan fingerprint density at radius 1 is 1.25 bits per heavy atom. The smallest absolute Gasteiger partial charge is 0.0708 e. The summed E-state index contributed by atoms with van der Waals surface area (Å²) in [5, 5.41) is 8.28. The summed E-state index contributed by atoms with van der Waals surface area (Å²) in [7, 11) is 0. The van der Waals surface area contributed by atoms with E-state index in [2.05, 4.69) is 60.7 Å². The Morgan fingerprint density at radius 3 is 2.85 bits per heavy atom. The van der Waals surface area contributed by atoms with E-state index in [9.17, 15) is 0 Å². The number of benzene rings is 1. The first-order valence-corrected chi connectivity index (χ1v) is 7.50. The maximum Gasteiger partial charge on any atom is 0.0708 e. The van der Waals surface area contributed by atoms with E-state index in [-0.39, 0.29) is 0 Å². The van der Waals surface area contributed by atoms with Gasteiger partial charge in [-0.2, -0.15) is 0 Å². The largest absolute Gasteiger partial charge is 0.315 e. The van der Waals surface area contributed by atoms with Gasteiger partial charge >= 0.3 is 0 Å². The van der Waals surface area contributed by atoms with Crippen LogP contribution >= 0.6 is 0 Å². The van der Waals surface area contributed by atoms with Crippen molar-refractivity contribution in [2.24, 2.45) is 0 Å². The van der Waals surface area contributed by atoms with Crippen molar-refractivity contribution < 1.29 is 0 Å². The maximum atomic E-state index is 4.58. The van der Waals surface area contributed by atoms with Gasteiger partial charge in [-0.15, -0.1) is 0 Å². The Kier molecular flexibility index (Phi) is 5.50. The van der Waals surface area contributed by atoms with Gasteiger partial charge in [-0.3, -0.25) is 4.98 Å². The first-order valence-electron chi connectivity index (χ1n) is 7.50. The molecule has 2 N–H and O–H groups in total. The summed E-state index contributed by atoms with van der Waals surface area (Å²) in [6, 6.07) is 11.0. The molecular formula is C17H25N3. The monoisotopic (exact) mass is 271 g/mol. The van der Waals surface area contributed by atoms with Crippen LogP contribution in [-0.4, -0.2) is 24.1 Å². The van der Waals surface area contributed by atoms with Gasteiger partial charge in [0.25, 0.3) is 0 Å². The quantitative estimate of drug-likeness (QED) is 0.760. The lowest BCUT2D eigenvalue weighted by Gasteiger charge is -2.16. The Hall–Kier alpha value is -1.45. The van der Waals surface area contributed by atoms with Crippen molar-refractivity contribution in [1.82, 2.24) is 15.6 Å². The third-order valence-corrected chi connectivity index (χ3v) is 3.45. The Balaban J connectivity index is 2.02. The first-order chi connectivity index (χ1) is 9.70. The van der Waals surface area contributed by atoms with Crippen molar-refractivity contribution in [3.8, 4) is 0 Å². The lowest BCUT2D eigenvalue weighted by molar-refractivity contribution is 0.502. The third-order valence-electron chi connectivity index (χ3n) is 3.45. The molecule has 0 fully saturated rings. The molecule has 108 valence electrons. The molecule has 0 amide bonds. The lowest BCUT2D eigenvalue weighted by atomic mass is 10.1. The van der Waals surface area contributed by atoms with Gasteiger partial charge in [0.1, 0.15) is 0 Å². The summed E-state index contributed by atoms with van der Waals surface area (Å²) in [6.07, 6.45) is 1.18. The maximum absolute atomic E-state index is 4.58. The molecule has 1 unspecified atom stereocenters. The Labute approximate surface area is 121 Å². The van der Waals surface area contributed by atoms with E-state index in [0.29, 0.717) is 6.04 Å². The zero-order valence-electron chi connectivity index (χ0n) is 12.7. The van der Waals surface area contributed by atoms with Crippen LogP contribution in [0, 0.1) is 6.92 Å². The normalized spacial score (nSPS) is 12.8. The highest BCUT2D eigenvalue weighted by molar-refractivity contribution is 5.82. The number of para-hydroxylation sites is 1. The summed E-state index contributed by atoms with van der Waals surface area (Å²) in [5.74, 6) is 0. The molecule has 0 aliphatic heterocycles. The number of fused-ring (bicyclic) bond motifs is 1. The molecule has 2 rings (SSSR count). The van der Waals surface area contributed by atoms with E-state index in [1.54, 1.807) is 0 Å². The summed E-state index contributed by atoms with van der Waals surface area (Å²) in [5.41, 5.74) is 3.49. The minimum atomic E-state index is 0.466. The fraction of sp³-hybridized carbons (Fsp3) is 0.471. The van der Waals surface area contributed by atoms with E-state index in [4.69, 9.17) is 0 Å². The van der Waals surface area contributed by atoms with Crippen molar-refractivity contribution in [1.29, 1.82) is 0 Å². The van der Waals surface area contributed by atoms with Gasteiger partial charge in [0.2, 0.25) is 0 Å². The van der Waals surface area contributed by atoms with Crippen LogP contribution in [0.4, 0.5) is 0 Å². The molecule has 2 aromatic rings. The summed E-state index contributed by atoms with van der Waals surface area (Å²) in [4.78, 5) is 4.58. The predicted octanol–water partition coefficient (Wildman–Crippen LogP) is 3.02. The van der Waals surface area contributed by atoms with Crippen molar-refractivity contribution in [3.05, 3.63) is 41.6 Å². The average Bonchev–Trinajstić information content (AvgIpc) is 2.45. The molecule has 1 heterocycles. The van der Waals surface area contributed by atoms with Gasteiger partial charge in [0.15, 0.2) is 0 Å². The molecule has 0 bridgehead atoms. The molecule has 0 radical (unpaired) electrons. The van der Waals surface area contributed by atoms with Crippen LogP contribution in [-0.2, 0) is 6.54 Å². The molecule has 1 aromatic heterocycles. The topological polar surface area (TPSA) is 37.0 Å². The molecule has 3 heteroatoms. The summed E-state index contributed by atoms with van der Waals surface area (Å²) in [6.45, 7) is 9.45. The lowest BCUT2D eigenvalue weighted by Crippen LogP contribution is -2.36. The molecule has 0 saturated heterocycles. The van der Waals surface area contributed by atoms with E-state index in [0.717, 1.165) is 30.8 Å². The van der Waals surface area contributed by atoms with Crippen molar-refractivity contribution >= 4 is 10.9 Å². The molecule has 0 spiro atoms. The SMILES string of the molecule is CCCNCC(C)NCc1cc(C)nc2ccccc12. The molecule has 0 saturated carbocycles. The minimum absolute atomic E-state index is 0.466. The predicted molar refractivity (Wildman–Crippen MR) is 85.9 cm³/mol. The number of aryl methyl sites for hydroxylation is 1. The first kappa shape index (κ1) is 14.9. The van der Waals surface area contributed by atoms with Gasteiger partial charge in [-0.1, -0.05) is 25.1 Å². The number of hydrogen-bond donors (Lipinski definition) is 2. The molecule has 0 aliphatic carbocycles. The van der Waals surface area contributed by atoms with E-state index in [1.807, 2.05) is 6.07 Å². The van der Waals surface area contributed by atoms with Gasteiger partial charge in [0, 0.05) is 30.2 Å². The van der Waals surface area contributed by atoms with Gasteiger partial charge < -0.3 is 10.6 Å². The van der Waals surface area contributed by atoms with E-state index in [1.165, 1.54) is 17.4 Å². The number of nitrogens with one attached hydrogen (secondary N) is 2. The molecule has 0 aliphatic rings. The second-order valence-corrected chi connectivity index (χ2v) is 5.43. The highest BCUT2D eigenvalue weighted by Crippen LogP contribution is 2.18. The molecule has 1 aromatic carbocycles. The molecule has 20 heavy (non-hydrogen) atoms. The standard InChI is InChI=1S/C17H25N3/c1-4-9-18-11-14(3)19-12-15-10-13(2)20-17-8-6-5-7-16(15)17/h5-8,10,14,18-19H,4,9,11-12H2,1-3H3. The zero-order valence-corrected chi connectivity index (χ0v) is 12.7. The molecule has 1 atom stereocenters. The van der Waals surface area contributed by atoms with Crippen LogP contribution in [0.5, 0.6) is 0 Å². The second kappa shape index (κ2) is 7.36. The summed E-state index contributed by atoms with van der Waals surface area (Å²) >= 11 is 0. The van der Waals surface area contributed by atoms with Crippen molar-refractivity contribution in [2.75, 3.05) is 13.1 Å². The number of hydrogen-bond acceptors (Lipinski definition) is 3. The highest BCUT2D eigenvalue weighted by Gasteiger charge is 2.05. The van der Waals surface area contributed by atoms with Crippen LogP contribution in [0.1, 0.15) is 31.5 Å². The second-order valence-electron chi connectivity index (χ2n) is 5.43. The Bertz CT molecular complexity index is 551. The minimum Gasteiger partial charge on any atom is -0.315 e. The number of aromatic nitrogens is 1. The number of pyridine rings is 1. The third kappa shape index (κ3) is 4.02. The molecule has 3 nitrogen and oxygen atoms in total. The van der Waals surface area contributed by atoms with E-state index < -0.39 is 0 Å². The average molecular weight is 271 g/mol. The zero-order chi connectivity index (χ0) is 14.4. The fourth-order valence-electron chi connectivity index (χ4n) is 2.39. The van der Waals surface area contributed by atoms with Gasteiger partial charge in [-0.25, -0.2) is 0 Å². The van der Waals surface area contributed by atoms with Crippen LogP contribution in [0.2, 0.25) is 0 Å². The fourth-order valence-corrected chi connectivity index (χ4v) is 2.39. The Morgan fingerprint density at radius 2 is 2.05 bits per heavy atom. The molecular weight excluding hydrogens is 246 g/mol. The van der Waals surface area contributed by atoms with Gasteiger partial charge in [-0.05, 0) is 44.5 Å². The van der Waals surface area contributed by atoms with Crippen molar-refractivity contribution in [2.45, 2.75) is 39.8 Å². The number of rotatable bonds is 7. The van der Waals surface area contributed by atoms with E-state index >= 15 is 0 Å². The van der Waals surface area contributed by atoms with Crippen molar-refractivity contribution in [3.63, 3.8) is 0 Å². The van der Waals surface area contributed by atoms with Crippen LogP contribution < -0.4 is 10.6 Å².